The van der Waals surface area contributed by atoms with E-state index in [2.05, 4.69) is 15.6 Å². The summed E-state index contributed by atoms with van der Waals surface area (Å²) in [6.07, 6.45) is 0.162. The van der Waals surface area contributed by atoms with Crippen LogP contribution in [0, 0.1) is 5.41 Å². The van der Waals surface area contributed by atoms with Gasteiger partial charge in [0.15, 0.2) is 0 Å². The molecule has 2 N–H and O–H groups in total. The minimum absolute atomic E-state index is 0.00222. The van der Waals surface area contributed by atoms with Gasteiger partial charge in [0, 0.05) is 26.1 Å². The number of aliphatic imine (C=N–C) groups is 1. The topological polar surface area (TPSA) is 73.8 Å². The van der Waals surface area contributed by atoms with Gasteiger partial charge < -0.3 is 15.5 Å². The van der Waals surface area contributed by atoms with Gasteiger partial charge in [-0.2, -0.15) is 13.2 Å². The maximum atomic E-state index is 12.1. The first-order valence-electron chi connectivity index (χ1n) is 9.50. The van der Waals surface area contributed by atoms with Gasteiger partial charge in [0.1, 0.15) is 5.66 Å². The van der Waals surface area contributed by atoms with Crippen LogP contribution in [0.3, 0.4) is 0 Å². The molecule has 9 heteroatoms. The predicted molar refractivity (Wildman–Crippen MR) is 94.4 cm³/mol. The van der Waals surface area contributed by atoms with Crippen molar-refractivity contribution in [1.29, 1.82) is 0 Å². The molecule has 0 aromatic carbocycles. The highest BCUT2D eigenvalue weighted by molar-refractivity contribution is 6.39. The van der Waals surface area contributed by atoms with E-state index in [4.69, 9.17) is 0 Å². The van der Waals surface area contributed by atoms with Crippen LogP contribution < -0.4 is 10.6 Å². The predicted octanol–water partition coefficient (Wildman–Crippen LogP) is 2.98. The fourth-order valence-corrected chi connectivity index (χ4v) is 4.79. The number of nitrogens with zero attached hydrogens (tertiary/aromatic N) is 2. The molecule has 27 heavy (non-hydrogen) atoms. The molecule has 3 amide bonds. The lowest BCUT2D eigenvalue weighted by Crippen LogP contribution is -2.60. The number of alkyl halides is 3. The van der Waals surface area contributed by atoms with E-state index in [1.165, 1.54) is 0 Å². The molecular weight excluding hydrogens is 361 g/mol. The van der Waals surface area contributed by atoms with Gasteiger partial charge in [-0.25, -0.2) is 4.79 Å². The number of hydrogen-bond acceptors (Lipinski definition) is 3. The summed E-state index contributed by atoms with van der Waals surface area (Å²) in [5, 5.41) is 5.36. The number of halogens is 3. The molecule has 1 aliphatic heterocycles. The summed E-state index contributed by atoms with van der Waals surface area (Å²) in [6.45, 7) is 1.77. The highest BCUT2D eigenvalue weighted by Gasteiger charge is 2.60. The maximum Gasteiger partial charge on any atom is 0.389 e. The van der Waals surface area contributed by atoms with Crippen LogP contribution in [0.5, 0.6) is 0 Å². The van der Waals surface area contributed by atoms with Crippen molar-refractivity contribution in [3.05, 3.63) is 0 Å². The largest absolute Gasteiger partial charge is 0.389 e. The normalized spacial score (nSPS) is 33.2. The Kier molecular flexibility index (Phi) is 5.16. The Morgan fingerprint density at radius 2 is 1.93 bits per heavy atom. The van der Waals surface area contributed by atoms with Crippen LogP contribution in [0.15, 0.2) is 4.99 Å². The fourth-order valence-electron chi connectivity index (χ4n) is 4.79. The lowest BCUT2D eigenvalue weighted by atomic mass is 9.54. The average Bonchev–Trinajstić information content (AvgIpc) is 2.77. The molecule has 0 radical (unpaired) electrons. The maximum absolute atomic E-state index is 12.1. The first-order valence-corrected chi connectivity index (χ1v) is 9.50. The summed E-state index contributed by atoms with van der Waals surface area (Å²) in [5.74, 6) is 0.00222. The summed E-state index contributed by atoms with van der Waals surface area (Å²) in [4.78, 5) is 30.2. The van der Waals surface area contributed by atoms with Gasteiger partial charge in [-0.1, -0.05) is 0 Å². The Hall–Kier alpha value is -1.80. The van der Waals surface area contributed by atoms with Gasteiger partial charge in [-0.3, -0.25) is 9.79 Å². The molecule has 2 aliphatic carbocycles. The Bertz CT molecular complexity index is 631. The zero-order valence-corrected chi connectivity index (χ0v) is 15.8. The van der Waals surface area contributed by atoms with Crippen LogP contribution in [0.1, 0.15) is 58.3 Å². The van der Waals surface area contributed by atoms with Crippen LogP contribution in [0.2, 0.25) is 0 Å². The van der Waals surface area contributed by atoms with Crippen molar-refractivity contribution < 1.29 is 22.8 Å². The van der Waals surface area contributed by atoms with Gasteiger partial charge in [0.05, 0.1) is 5.71 Å². The SMILES string of the molecule is CC1=NC2(CC3(CCC(NC(=O)NCCCC(F)(F)F)CC3)C2)N(C)C1=O. The number of urea groups is 1. The van der Waals surface area contributed by atoms with Gasteiger partial charge in [0.25, 0.3) is 5.91 Å². The molecule has 1 heterocycles. The molecule has 0 aromatic heterocycles. The average molecular weight is 388 g/mol. The van der Waals surface area contributed by atoms with Crippen molar-refractivity contribution >= 4 is 17.6 Å². The Balaban J connectivity index is 1.38. The van der Waals surface area contributed by atoms with E-state index in [0.29, 0.717) is 5.71 Å². The molecule has 2 fully saturated rings. The number of hydrogen-bond donors (Lipinski definition) is 2. The van der Waals surface area contributed by atoms with Gasteiger partial charge in [-0.15, -0.1) is 0 Å². The molecule has 3 rings (SSSR count). The third-order valence-corrected chi connectivity index (χ3v) is 6.23. The quantitative estimate of drug-likeness (QED) is 0.727. The van der Waals surface area contributed by atoms with Crippen molar-refractivity contribution in [3.63, 3.8) is 0 Å². The van der Waals surface area contributed by atoms with Crippen molar-refractivity contribution in [2.24, 2.45) is 10.4 Å². The standard InChI is InChI=1S/C18H27F3N4O2/c1-12-14(26)25(2)17(24-12)10-16(11-17)7-4-13(5-8-16)23-15(27)22-9-3-6-18(19,20)21/h13H,3-11H2,1-2H3,(H2,22,23,27). The number of carbonyl (C=O) groups excluding carboxylic acids is 2. The first-order chi connectivity index (χ1) is 12.5. The summed E-state index contributed by atoms with van der Waals surface area (Å²) in [5.41, 5.74) is 0.395. The van der Waals surface area contributed by atoms with E-state index in [1.807, 2.05) is 7.05 Å². The van der Waals surface area contributed by atoms with E-state index < -0.39 is 18.6 Å². The Morgan fingerprint density at radius 3 is 2.44 bits per heavy atom. The number of rotatable bonds is 4. The van der Waals surface area contributed by atoms with Crippen LogP contribution in [0.4, 0.5) is 18.0 Å². The van der Waals surface area contributed by atoms with Crippen molar-refractivity contribution in [2.75, 3.05) is 13.6 Å². The zero-order chi connectivity index (χ0) is 19.9. The summed E-state index contributed by atoms with van der Waals surface area (Å²) in [6, 6.07) is -0.354. The van der Waals surface area contributed by atoms with E-state index in [0.717, 1.165) is 38.5 Å². The molecule has 0 unspecified atom stereocenters. The molecule has 0 saturated heterocycles. The molecule has 152 valence electrons. The third kappa shape index (κ3) is 4.21. The smallest absolute Gasteiger partial charge is 0.338 e. The minimum Gasteiger partial charge on any atom is -0.338 e. The summed E-state index contributed by atoms with van der Waals surface area (Å²) >= 11 is 0. The van der Waals surface area contributed by atoms with Gasteiger partial charge >= 0.3 is 12.2 Å². The fraction of sp³-hybridized carbons (Fsp3) is 0.833. The van der Waals surface area contributed by atoms with E-state index >= 15 is 0 Å². The Labute approximate surface area is 157 Å². The second-order valence-electron chi connectivity index (χ2n) is 8.29. The number of carbonyl (C=O) groups is 2. The van der Waals surface area contributed by atoms with E-state index in [9.17, 15) is 22.8 Å². The van der Waals surface area contributed by atoms with Crippen molar-refractivity contribution in [2.45, 2.75) is 76.2 Å². The molecule has 0 aromatic rings. The van der Waals surface area contributed by atoms with Crippen LogP contribution in [0.25, 0.3) is 0 Å². The molecule has 2 spiro atoms. The van der Waals surface area contributed by atoms with E-state index in [1.54, 1.807) is 11.8 Å². The highest BCUT2D eigenvalue weighted by atomic mass is 19.4. The van der Waals surface area contributed by atoms with Gasteiger partial charge in [-0.05, 0) is 57.3 Å². The number of nitrogens with one attached hydrogen (secondary N) is 2. The first kappa shape index (κ1) is 19.9. The lowest BCUT2D eigenvalue weighted by Gasteiger charge is -2.58. The van der Waals surface area contributed by atoms with Crippen LogP contribution in [-0.4, -0.2) is 54.0 Å². The van der Waals surface area contributed by atoms with Gasteiger partial charge in [0.2, 0.25) is 0 Å². The van der Waals surface area contributed by atoms with Crippen LogP contribution >= 0.6 is 0 Å². The Morgan fingerprint density at radius 1 is 1.30 bits per heavy atom. The molecule has 2 saturated carbocycles. The molecule has 3 aliphatic rings. The zero-order valence-electron chi connectivity index (χ0n) is 15.8. The van der Waals surface area contributed by atoms with E-state index in [-0.39, 0.29) is 36.0 Å². The summed E-state index contributed by atoms with van der Waals surface area (Å²) < 4.78 is 36.3. The van der Waals surface area contributed by atoms with Crippen LogP contribution in [-0.2, 0) is 4.79 Å². The molecule has 6 nitrogen and oxygen atoms in total. The van der Waals surface area contributed by atoms with Crippen molar-refractivity contribution in [1.82, 2.24) is 15.5 Å². The third-order valence-electron chi connectivity index (χ3n) is 6.23. The molecular formula is C18H27F3N4O2. The molecule has 0 bridgehead atoms. The minimum atomic E-state index is -4.18. The monoisotopic (exact) mass is 388 g/mol. The second-order valence-corrected chi connectivity index (χ2v) is 8.29. The highest BCUT2D eigenvalue weighted by Crippen LogP contribution is 2.60. The second kappa shape index (κ2) is 6.98. The summed E-state index contributed by atoms with van der Waals surface area (Å²) in [7, 11) is 1.81. The molecule has 0 atom stereocenters. The lowest BCUT2D eigenvalue weighted by molar-refractivity contribution is -0.138. The van der Waals surface area contributed by atoms with Crippen molar-refractivity contribution in [3.8, 4) is 0 Å². The number of amides is 3.